The number of benzene rings is 1. The van der Waals surface area contributed by atoms with E-state index in [1.54, 1.807) is 0 Å². The lowest BCUT2D eigenvalue weighted by Crippen LogP contribution is -2.32. The maximum absolute atomic E-state index is 10.8. The van der Waals surface area contributed by atoms with Gasteiger partial charge in [0, 0.05) is 19.1 Å². The molecule has 1 atom stereocenters. The first-order chi connectivity index (χ1) is 10.5. The Balaban J connectivity index is 0.00000264. The van der Waals surface area contributed by atoms with Crippen molar-refractivity contribution in [1.82, 2.24) is 10.2 Å². The number of rotatable bonds is 7. The number of nitrogens with zero attached hydrogens (tertiary/aromatic N) is 1. The second-order valence-electron chi connectivity index (χ2n) is 5.43. The van der Waals surface area contributed by atoms with Crippen molar-refractivity contribution in [3.63, 3.8) is 0 Å². The summed E-state index contributed by atoms with van der Waals surface area (Å²) >= 11 is 6.25. The Morgan fingerprint density at radius 1 is 1.52 bits per heavy atom. The monoisotopic (exact) mass is 363 g/mol. The summed E-state index contributed by atoms with van der Waals surface area (Å²) in [5, 5.41) is 3.76. The first-order valence-corrected chi connectivity index (χ1v) is 7.57. The molecule has 8 heteroatoms. The van der Waals surface area contributed by atoms with E-state index < -0.39 is 5.91 Å². The van der Waals surface area contributed by atoms with E-state index >= 15 is 0 Å². The highest BCUT2D eigenvalue weighted by atomic mass is 35.5. The largest absolute Gasteiger partial charge is 0.493 e. The van der Waals surface area contributed by atoms with Crippen LogP contribution in [0.3, 0.4) is 0 Å². The second-order valence-corrected chi connectivity index (χ2v) is 5.83. The van der Waals surface area contributed by atoms with Crippen LogP contribution in [0.25, 0.3) is 0 Å². The number of methoxy groups -OCH3 is 1. The molecule has 1 aliphatic heterocycles. The van der Waals surface area contributed by atoms with Crippen LogP contribution in [0.5, 0.6) is 11.5 Å². The molecule has 1 unspecified atom stereocenters. The molecule has 0 aliphatic carbocycles. The van der Waals surface area contributed by atoms with Gasteiger partial charge < -0.3 is 20.5 Å². The Bertz CT molecular complexity index is 537. The molecule has 1 fully saturated rings. The van der Waals surface area contributed by atoms with Crippen molar-refractivity contribution in [1.29, 1.82) is 0 Å². The van der Waals surface area contributed by atoms with Crippen LogP contribution in [0.1, 0.15) is 12.0 Å². The predicted molar refractivity (Wildman–Crippen MR) is 92.7 cm³/mol. The van der Waals surface area contributed by atoms with Crippen molar-refractivity contribution in [2.75, 3.05) is 33.9 Å². The zero-order chi connectivity index (χ0) is 16.1. The maximum Gasteiger partial charge on any atom is 0.255 e. The molecule has 2 rings (SSSR count). The molecule has 1 amide bonds. The topological polar surface area (TPSA) is 76.8 Å². The number of halogens is 2. The summed E-state index contributed by atoms with van der Waals surface area (Å²) in [5.74, 6) is 0.286. The van der Waals surface area contributed by atoms with Crippen LogP contribution >= 0.6 is 24.0 Å². The van der Waals surface area contributed by atoms with Gasteiger partial charge in [-0.05, 0) is 37.7 Å². The predicted octanol–water partition coefficient (Wildman–Crippen LogP) is 1.43. The van der Waals surface area contributed by atoms with Gasteiger partial charge in [-0.1, -0.05) is 11.6 Å². The molecule has 1 aromatic rings. The molecule has 6 nitrogen and oxygen atoms in total. The third-order valence-corrected chi connectivity index (χ3v) is 4.02. The van der Waals surface area contributed by atoms with Crippen molar-refractivity contribution in [3.05, 3.63) is 22.7 Å². The average Bonchev–Trinajstić information content (AvgIpc) is 2.99. The van der Waals surface area contributed by atoms with E-state index in [0.717, 1.165) is 31.6 Å². The van der Waals surface area contributed by atoms with Gasteiger partial charge in [-0.3, -0.25) is 9.69 Å². The molecule has 1 heterocycles. The van der Waals surface area contributed by atoms with Gasteiger partial charge in [0.2, 0.25) is 0 Å². The Morgan fingerprint density at radius 2 is 2.26 bits per heavy atom. The lowest BCUT2D eigenvalue weighted by atomic mass is 10.1. The number of likely N-dealkylation sites (N-methyl/N-ethyl adjacent to an activating group) is 1. The fraction of sp³-hybridized carbons (Fsp3) is 0.533. The van der Waals surface area contributed by atoms with Crippen LogP contribution in [0.4, 0.5) is 0 Å². The Kier molecular flexibility index (Phi) is 7.91. The van der Waals surface area contributed by atoms with E-state index in [-0.39, 0.29) is 19.0 Å². The van der Waals surface area contributed by atoms with Crippen LogP contribution in [-0.4, -0.2) is 50.7 Å². The first-order valence-electron chi connectivity index (χ1n) is 7.19. The number of primary amides is 1. The number of nitrogens with one attached hydrogen (secondary N) is 1. The third kappa shape index (κ3) is 5.42. The minimum Gasteiger partial charge on any atom is -0.493 e. The highest BCUT2D eigenvalue weighted by Gasteiger charge is 2.20. The van der Waals surface area contributed by atoms with Gasteiger partial charge in [0.15, 0.2) is 18.1 Å². The number of ether oxygens (including phenoxy) is 2. The summed E-state index contributed by atoms with van der Waals surface area (Å²) in [7, 11) is 3.63. The number of hydrogen-bond acceptors (Lipinski definition) is 5. The number of hydrogen-bond donors (Lipinski definition) is 2. The quantitative estimate of drug-likeness (QED) is 0.766. The fourth-order valence-electron chi connectivity index (χ4n) is 2.58. The van der Waals surface area contributed by atoms with Gasteiger partial charge in [0.25, 0.3) is 5.91 Å². The lowest BCUT2D eigenvalue weighted by Gasteiger charge is -2.24. The molecule has 0 bridgehead atoms. The first kappa shape index (κ1) is 19.8. The molecule has 3 N–H and O–H groups in total. The Morgan fingerprint density at radius 3 is 2.83 bits per heavy atom. The lowest BCUT2D eigenvalue weighted by molar-refractivity contribution is -0.119. The summed E-state index contributed by atoms with van der Waals surface area (Å²) in [6.07, 6.45) is 1.14. The molecular weight excluding hydrogens is 341 g/mol. The second kappa shape index (κ2) is 9.17. The summed E-state index contributed by atoms with van der Waals surface area (Å²) in [6.45, 7) is 2.59. The van der Waals surface area contributed by atoms with Crippen LogP contribution in [-0.2, 0) is 11.3 Å². The Labute approximate surface area is 147 Å². The zero-order valence-electron chi connectivity index (χ0n) is 13.3. The van der Waals surface area contributed by atoms with Crippen molar-refractivity contribution in [2.24, 2.45) is 5.73 Å². The van der Waals surface area contributed by atoms with Crippen molar-refractivity contribution in [2.45, 2.75) is 19.0 Å². The van der Waals surface area contributed by atoms with E-state index in [9.17, 15) is 4.79 Å². The molecule has 1 aliphatic rings. The van der Waals surface area contributed by atoms with Crippen molar-refractivity contribution >= 4 is 29.9 Å². The van der Waals surface area contributed by atoms with E-state index in [1.165, 1.54) is 7.11 Å². The van der Waals surface area contributed by atoms with Crippen LogP contribution in [0.2, 0.25) is 5.02 Å². The highest BCUT2D eigenvalue weighted by Crippen LogP contribution is 2.36. The van der Waals surface area contributed by atoms with Gasteiger partial charge in [-0.2, -0.15) is 0 Å². The van der Waals surface area contributed by atoms with E-state index in [1.807, 2.05) is 12.1 Å². The maximum atomic E-state index is 10.8. The summed E-state index contributed by atoms with van der Waals surface area (Å²) in [5.41, 5.74) is 6.12. The van der Waals surface area contributed by atoms with E-state index in [2.05, 4.69) is 17.3 Å². The standard InChI is InChI=1S/C15H22ClN3O3.ClH/c1-19(11-3-4-18-7-11)8-10-5-12(16)15(13(6-10)21-2)22-9-14(17)20;/h5-6,11,18H,3-4,7-9H2,1-2H3,(H2,17,20);1H. The summed E-state index contributed by atoms with van der Waals surface area (Å²) < 4.78 is 10.6. The van der Waals surface area contributed by atoms with E-state index in [4.69, 9.17) is 26.8 Å². The van der Waals surface area contributed by atoms with Gasteiger partial charge in [0.1, 0.15) is 0 Å². The molecule has 0 spiro atoms. The molecule has 0 radical (unpaired) electrons. The minimum absolute atomic E-state index is 0. The van der Waals surface area contributed by atoms with Crippen molar-refractivity contribution < 1.29 is 14.3 Å². The number of nitrogens with two attached hydrogens (primary N) is 1. The van der Waals surface area contributed by atoms with Crippen LogP contribution in [0, 0.1) is 0 Å². The summed E-state index contributed by atoms with van der Waals surface area (Å²) in [4.78, 5) is 13.1. The number of carbonyl (C=O) groups is 1. The number of amides is 1. The smallest absolute Gasteiger partial charge is 0.255 e. The highest BCUT2D eigenvalue weighted by molar-refractivity contribution is 6.32. The van der Waals surface area contributed by atoms with Gasteiger partial charge >= 0.3 is 0 Å². The van der Waals surface area contributed by atoms with Crippen LogP contribution in [0.15, 0.2) is 12.1 Å². The SMILES string of the molecule is COc1cc(CN(C)C2CCNC2)cc(Cl)c1OCC(N)=O.Cl. The normalized spacial score (nSPS) is 17.0. The van der Waals surface area contributed by atoms with Gasteiger partial charge in [-0.15, -0.1) is 12.4 Å². The molecule has 0 saturated carbocycles. The molecule has 0 aromatic heterocycles. The molecular formula is C15H23Cl2N3O3. The molecule has 130 valence electrons. The summed E-state index contributed by atoms with van der Waals surface area (Å²) in [6, 6.07) is 4.23. The van der Waals surface area contributed by atoms with Gasteiger partial charge in [0.05, 0.1) is 12.1 Å². The zero-order valence-corrected chi connectivity index (χ0v) is 14.9. The molecule has 1 saturated heterocycles. The molecule has 1 aromatic carbocycles. The number of carbonyl (C=O) groups excluding carboxylic acids is 1. The third-order valence-electron chi connectivity index (χ3n) is 3.74. The van der Waals surface area contributed by atoms with Gasteiger partial charge in [-0.25, -0.2) is 0 Å². The molecule has 23 heavy (non-hydrogen) atoms. The van der Waals surface area contributed by atoms with E-state index in [0.29, 0.717) is 22.6 Å². The fourth-order valence-corrected chi connectivity index (χ4v) is 2.87. The minimum atomic E-state index is -0.560. The van der Waals surface area contributed by atoms with Crippen LogP contribution < -0.4 is 20.5 Å². The average molecular weight is 364 g/mol. The van der Waals surface area contributed by atoms with Crippen molar-refractivity contribution in [3.8, 4) is 11.5 Å². The Hall–Kier alpha value is -1.21.